The first-order valence-electron chi connectivity index (χ1n) is 7.81. The molecule has 1 aromatic heterocycles. The van der Waals surface area contributed by atoms with Crippen LogP contribution in [0.4, 0.5) is 0 Å². The van der Waals surface area contributed by atoms with E-state index in [-0.39, 0.29) is 5.60 Å². The Kier molecular flexibility index (Phi) is 4.05. The normalized spacial score (nSPS) is 12.7. The molecule has 0 saturated carbocycles. The average Bonchev–Trinajstić information content (AvgIpc) is 2.63. The number of benzene rings is 1. The van der Waals surface area contributed by atoms with E-state index in [4.69, 9.17) is 9.72 Å². The second-order valence-electron chi connectivity index (χ2n) is 7.38. The van der Waals surface area contributed by atoms with Crippen LogP contribution in [0, 0.1) is 6.92 Å². The van der Waals surface area contributed by atoms with E-state index >= 15 is 0 Å². The fourth-order valence-corrected chi connectivity index (χ4v) is 2.69. The molecule has 21 heavy (non-hydrogen) atoms. The second kappa shape index (κ2) is 5.36. The Morgan fingerprint density at radius 1 is 1.10 bits per heavy atom. The lowest BCUT2D eigenvalue weighted by Gasteiger charge is -2.22. The number of hydrogen-bond acceptors (Lipinski definition) is 2. The maximum atomic E-state index is 6.18. The number of aryl methyl sites for hydroxylation is 1. The monoisotopic (exact) mass is 288 g/mol. The summed E-state index contributed by atoms with van der Waals surface area (Å²) in [6.45, 7) is 17.1. The highest BCUT2D eigenvalue weighted by molar-refractivity contribution is 5.84. The van der Waals surface area contributed by atoms with Gasteiger partial charge in [-0.1, -0.05) is 13.8 Å². The lowest BCUT2D eigenvalue weighted by molar-refractivity contribution is 0.132. The van der Waals surface area contributed by atoms with Gasteiger partial charge in [-0.2, -0.15) is 0 Å². The maximum Gasteiger partial charge on any atom is 0.148 e. The van der Waals surface area contributed by atoms with E-state index in [1.807, 2.05) is 0 Å². The minimum atomic E-state index is -0.224. The van der Waals surface area contributed by atoms with Crippen LogP contribution >= 0.6 is 0 Å². The summed E-state index contributed by atoms with van der Waals surface area (Å²) in [6, 6.07) is 4.80. The number of nitrogens with zero attached hydrogens (tertiary/aromatic N) is 2. The Balaban J connectivity index is 2.74. The molecule has 116 valence electrons. The van der Waals surface area contributed by atoms with Gasteiger partial charge in [-0.05, 0) is 65.2 Å². The third-order valence-electron chi connectivity index (χ3n) is 3.56. The summed E-state index contributed by atoms with van der Waals surface area (Å²) in [5.41, 5.74) is 3.22. The molecule has 1 aromatic carbocycles. The van der Waals surface area contributed by atoms with Crippen molar-refractivity contribution >= 4 is 11.0 Å². The number of rotatable bonds is 3. The van der Waals surface area contributed by atoms with Gasteiger partial charge in [0, 0.05) is 6.04 Å². The van der Waals surface area contributed by atoms with Crippen LogP contribution in [0.25, 0.3) is 11.0 Å². The Bertz CT molecular complexity index is 645. The number of fused-ring (bicyclic) bond motifs is 1. The zero-order valence-electron chi connectivity index (χ0n) is 14.6. The predicted octanol–water partition coefficient (Wildman–Crippen LogP) is 5.23. The highest BCUT2D eigenvalue weighted by Gasteiger charge is 2.20. The van der Waals surface area contributed by atoms with Crippen molar-refractivity contribution in [1.82, 2.24) is 9.55 Å². The lowest BCUT2D eigenvalue weighted by Crippen LogP contribution is -2.23. The first kappa shape index (κ1) is 15.9. The molecule has 0 radical (unpaired) electrons. The highest BCUT2D eigenvalue weighted by atomic mass is 16.5. The minimum absolute atomic E-state index is 0.224. The predicted molar refractivity (Wildman–Crippen MR) is 89.3 cm³/mol. The van der Waals surface area contributed by atoms with Gasteiger partial charge in [0.2, 0.25) is 0 Å². The molecular formula is C18H28N2O. The van der Waals surface area contributed by atoms with Crippen molar-refractivity contribution in [3.05, 3.63) is 23.5 Å². The molecule has 2 aromatic rings. The number of imidazole rings is 1. The Morgan fingerprint density at radius 3 is 2.19 bits per heavy atom. The summed E-state index contributed by atoms with van der Waals surface area (Å²) in [5, 5.41) is 0. The zero-order chi connectivity index (χ0) is 15.9. The molecule has 0 aliphatic carbocycles. The van der Waals surface area contributed by atoms with Gasteiger partial charge in [0.1, 0.15) is 22.7 Å². The van der Waals surface area contributed by atoms with Crippen LogP contribution < -0.4 is 4.74 Å². The molecule has 0 atom stereocenters. The minimum Gasteiger partial charge on any atom is -0.486 e. The van der Waals surface area contributed by atoms with Gasteiger partial charge < -0.3 is 9.30 Å². The fourth-order valence-electron chi connectivity index (χ4n) is 2.69. The van der Waals surface area contributed by atoms with Gasteiger partial charge in [0.25, 0.3) is 0 Å². The van der Waals surface area contributed by atoms with Crippen LogP contribution in [0.5, 0.6) is 5.75 Å². The van der Waals surface area contributed by atoms with E-state index in [2.05, 4.69) is 72.1 Å². The number of hydrogen-bond donors (Lipinski definition) is 0. The van der Waals surface area contributed by atoms with Crippen LogP contribution in [0.1, 0.15) is 71.8 Å². The molecule has 0 fully saturated rings. The maximum absolute atomic E-state index is 6.18. The van der Waals surface area contributed by atoms with E-state index in [1.165, 1.54) is 11.1 Å². The molecule has 2 rings (SSSR count). The summed E-state index contributed by atoms with van der Waals surface area (Å²) in [4.78, 5) is 4.76. The molecule has 0 bridgehead atoms. The first-order valence-corrected chi connectivity index (χ1v) is 7.81. The standard InChI is InChI=1S/C18H28N2O/c1-11(2)14-9-15-17(16(10-14)21-18(6,7)8)19-13(5)20(15)12(3)4/h9-12H,1-8H3. The molecule has 3 nitrogen and oxygen atoms in total. The summed E-state index contributed by atoms with van der Waals surface area (Å²) in [5.74, 6) is 2.40. The van der Waals surface area contributed by atoms with Crippen LogP contribution in [-0.4, -0.2) is 15.2 Å². The Labute approximate surface area is 128 Å². The smallest absolute Gasteiger partial charge is 0.148 e. The van der Waals surface area contributed by atoms with Crippen molar-refractivity contribution in [2.75, 3.05) is 0 Å². The molecule has 1 heterocycles. The SMILES string of the molecule is Cc1nc2c(OC(C)(C)C)cc(C(C)C)cc2n1C(C)C. The molecule has 0 N–H and O–H groups in total. The first-order chi connectivity index (χ1) is 9.60. The number of ether oxygens (including phenoxy) is 1. The molecule has 0 aliphatic rings. The van der Waals surface area contributed by atoms with Crippen LogP contribution in [-0.2, 0) is 0 Å². The molecular weight excluding hydrogens is 260 g/mol. The third kappa shape index (κ3) is 3.22. The Morgan fingerprint density at radius 2 is 1.71 bits per heavy atom. The van der Waals surface area contributed by atoms with Crippen molar-refractivity contribution in [3.63, 3.8) is 0 Å². The van der Waals surface area contributed by atoms with E-state index in [1.54, 1.807) is 0 Å². The van der Waals surface area contributed by atoms with Crippen molar-refractivity contribution < 1.29 is 4.74 Å². The summed E-state index contributed by atoms with van der Waals surface area (Å²) in [6.07, 6.45) is 0. The summed E-state index contributed by atoms with van der Waals surface area (Å²) < 4.78 is 8.47. The van der Waals surface area contributed by atoms with E-state index < -0.39 is 0 Å². The van der Waals surface area contributed by atoms with Crippen LogP contribution in [0.3, 0.4) is 0 Å². The quantitative estimate of drug-likeness (QED) is 0.773. The van der Waals surface area contributed by atoms with Gasteiger partial charge in [0.05, 0.1) is 5.52 Å². The zero-order valence-corrected chi connectivity index (χ0v) is 14.6. The molecule has 0 aliphatic heterocycles. The summed E-state index contributed by atoms with van der Waals surface area (Å²) in [7, 11) is 0. The van der Waals surface area contributed by atoms with Crippen LogP contribution in [0.2, 0.25) is 0 Å². The molecule has 3 heteroatoms. The van der Waals surface area contributed by atoms with Gasteiger partial charge in [0.15, 0.2) is 0 Å². The highest BCUT2D eigenvalue weighted by Crippen LogP contribution is 2.34. The molecule has 0 saturated heterocycles. The molecule has 0 unspecified atom stereocenters. The second-order valence-corrected chi connectivity index (χ2v) is 7.38. The lowest BCUT2D eigenvalue weighted by atomic mass is 10.0. The van der Waals surface area contributed by atoms with Crippen LogP contribution in [0.15, 0.2) is 12.1 Å². The topological polar surface area (TPSA) is 27.1 Å². The van der Waals surface area contributed by atoms with Gasteiger partial charge in [-0.15, -0.1) is 0 Å². The van der Waals surface area contributed by atoms with Crippen molar-refractivity contribution in [1.29, 1.82) is 0 Å². The van der Waals surface area contributed by atoms with E-state index in [0.29, 0.717) is 12.0 Å². The van der Waals surface area contributed by atoms with E-state index in [0.717, 1.165) is 17.1 Å². The summed E-state index contributed by atoms with van der Waals surface area (Å²) >= 11 is 0. The van der Waals surface area contributed by atoms with Crippen molar-refractivity contribution in [2.45, 2.75) is 73.0 Å². The average molecular weight is 288 g/mol. The van der Waals surface area contributed by atoms with Gasteiger partial charge >= 0.3 is 0 Å². The fraction of sp³-hybridized carbons (Fsp3) is 0.611. The van der Waals surface area contributed by atoms with Crippen molar-refractivity contribution in [2.24, 2.45) is 0 Å². The van der Waals surface area contributed by atoms with Crippen molar-refractivity contribution in [3.8, 4) is 5.75 Å². The third-order valence-corrected chi connectivity index (χ3v) is 3.56. The number of aromatic nitrogens is 2. The van der Waals surface area contributed by atoms with E-state index in [9.17, 15) is 0 Å². The largest absolute Gasteiger partial charge is 0.486 e. The van der Waals surface area contributed by atoms with Gasteiger partial charge in [-0.25, -0.2) is 4.98 Å². The van der Waals surface area contributed by atoms with Gasteiger partial charge in [-0.3, -0.25) is 0 Å². The molecule has 0 amide bonds. The Hall–Kier alpha value is -1.51. The molecule has 0 spiro atoms.